The molecule has 1 amide bonds. The van der Waals surface area contributed by atoms with E-state index in [2.05, 4.69) is 17.1 Å². The lowest BCUT2D eigenvalue weighted by Crippen LogP contribution is -2.49. The van der Waals surface area contributed by atoms with Gasteiger partial charge in [-0.05, 0) is 50.4 Å². The van der Waals surface area contributed by atoms with Crippen molar-refractivity contribution in [3.8, 4) is 0 Å². The van der Waals surface area contributed by atoms with E-state index in [4.69, 9.17) is 11.6 Å². The lowest BCUT2D eigenvalue weighted by molar-refractivity contribution is -0.126. The highest BCUT2D eigenvalue weighted by molar-refractivity contribution is 6.30. The number of nitrogens with one attached hydrogen (secondary N) is 1. The molecule has 0 aromatic heterocycles. The second-order valence-electron chi connectivity index (χ2n) is 6.59. The SMILES string of the molecule is CC1CCCCC1NC(=O)C(C)N(C)Cc1ccc(Cl)cc1. The van der Waals surface area contributed by atoms with Gasteiger partial charge in [-0.1, -0.05) is 43.5 Å². The number of carbonyl (C=O) groups excluding carboxylic acids is 1. The van der Waals surface area contributed by atoms with E-state index in [9.17, 15) is 4.79 Å². The fourth-order valence-electron chi connectivity index (χ4n) is 3.05. The summed E-state index contributed by atoms with van der Waals surface area (Å²) >= 11 is 5.91. The number of nitrogens with zero attached hydrogens (tertiary/aromatic N) is 1. The number of likely N-dealkylation sites (N-methyl/N-ethyl adjacent to an activating group) is 1. The van der Waals surface area contributed by atoms with Crippen molar-refractivity contribution in [1.29, 1.82) is 0 Å². The molecule has 2 rings (SSSR count). The first-order valence-corrected chi connectivity index (χ1v) is 8.60. The molecule has 1 aromatic carbocycles. The summed E-state index contributed by atoms with van der Waals surface area (Å²) in [5.41, 5.74) is 1.16. The third kappa shape index (κ3) is 4.72. The van der Waals surface area contributed by atoms with Crippen molar-refractivity contribution in [2.24, 2.45) is 5.92 Å². The molecule has 1 aliphatic carbocycles. The number of benzene rings is 1. The Balaban J connectivity index is 1.87. The third-order valence-electron chi connectivity index (χ3n) is 4.82. The van der Waals surface area contributed by atoms with Gasteiger partial charge in [-0.2, -0.15) is 0 Å². The van der Waals surface area contributed by atoms with E-state index in [0.29, 0.717) is 12.0 Å². The molecule has 0 saturated heterocycles. The molecule has 1 fully saturated rings. The van der Waals surface area contributed by atoms with E-state index >= 15 is 0 Å². The predicted molar refractivity (Wildman–Crippen MR) is 91.9 cm³/mol. The van der Waals surface area contributed by atoms with Crippen molar-refractivity contribution in [3.63, 3.8) is 0 Å². The van der Waals surface area contributed by atoms with Crippen LogP contribution in [0.1, 0.15) is 45.1 Å². The quantitative estimate of drug-likeness (QED) is 0.893. The van der Waals surface area contributed by atoms with E-state index in [1.807, 2.05) is 38.2 Å². The normalized spacial score (nSPS) is 23.3. The van der Waals surface area contributed by atoms with Gasteiger partial charge >= 0.3 is 0 Å². The fraction of sp³-hybridized carbons (Fsp3) is 0.611. The lowest BCUT2D eigenvalue weighted by atomic mass is 9.86. The Kier molecular flexibility index (Phi) is 6.27. The molecular weight excluding hydrogens is 296 g/mol. The zero-order valence-electron chi connectivity index (χ0n) is 13.8. The molecule has 4 heteroatoms. The van der Waals surface area contributed by atoms with Crippen LogP contribution in [0.25, 0.3) is 0 Å². The molecule has 0 aliphatic heterocycles. The zero-order chi connectivity index (χ0) is 16.1. The van der Waals surface area contributed by atoms with Crippen LogP contribution in [-0.2, 0) is 11.3 Å². The van der Waals surface area contributed by atoms with Gasteiger partial charge in [0, 0.05) is 17.6 Å². The molecule has 1 saturated carbocycles. The Labute approximate surface area is 139 Å². The van der Waals surface area contributed by atoms with E-state index in [1.54, 1.807) is 0 Å². The van der Waals surface area contributed by atoms with Crippen LogP contribution in [0.2, 0.25) is 5.02 Å². The minimum Gasteiger partial charge on any atom is -0.352 e. The number of hydrogen-bond acceptors (Lipinski definition) is 2. The summed E-state index contributed by atoms with van der Waals surface area (Å²) in [5, 5.41) is 3.98. The number of amides is 1. The molecule has 1 N–H and O–H groups in total. The topological polar surface area (TPSA) is 32.3 Å². The monoisotopic (exact) mass is 322 g/mol. The molecule has 3 unspecified atom stereocenters. The minimum absolute atomic E-state index is 0.134. The van der Waals surface area contributed by atoms with Crippen LogP contribution in [0.4, 0.5) is 0 Å². The van der Waals surface area contributed by atoms with Gasteiger partial charge in [0.25, 0.3) is 0 Å². The molecule has 0 heterocycles. The van der Waals surface area contributed by atoms with Gasteiger partial charge in [0.05, 0.1) is 6.04 Å². The summed E-state index contributed by atoms with van der Waals surface area (Å²) in [4.78, 5) is 14.5. The van der Waals surface area contributed by atoms with Crippen LogP contribution in [-0.4, -0.2) is 29.9 Å². The first-order valence-electron chi connectivity index (χ1n) is 8.22. The average Bonchev–Trinajstić information content (AvgIpc) is 2.51. The molecule has 3 atom stereocenters. The highest BCUT2D eigenvalue weighted by atomic mass is 35.5. The molecular formula is C18H27ClN2O. The standard InChI is InChI=1S/C18H27ClN2O/c1-13-6-4-5-7-17(13)20-18(22)14(2)21(3)12-15-8-10-16(19)11-9-15/h8-11,13-14,17H,4-7,12H2,1-3H3,(H,20,22). The Bertz CT molecular complexity index is 488. The minimum atomic E-state index is -0.134. The van der Waals surface area contributed by atoms with Gasteiger partial charge < -0.3 is 5.32 Å². The van der Waals surface area contributed by atoms with Gasteiger partial charge in [-0.15, -0.1) is 0 Å². The molecule has 0 bridgehead atoms. The lowest BCUT2D eigenvalue weighted by Gasteiger charge is -2.32. The maximum atomic E-state index is 12.5. The second-order valence-corrected chi connectivity index (χ2v) is 7.03. The Morgan fingerprint density at radius 2 is 1.95 bits per heavy atom. The Morgan fingerprint density at radius 1 is 1.32 bits per heavy atom. The summed E-state index contributed by atoms with van der Waals surface area (Å²) < 4.78 is 0. The maximum absolute atomic E-state index is 12.5. The first kappa shape index (κ1) is 17.3. The smallest absolute Gasteiger partial charge is 0.237 e. The van der Waals surface area contributed by atoms with E-state index in [0.717, 1.165) is 23.6 Å². The first-order chi connectivity index (χ1) is 10.5. The van der Waals surface area contributed by atoms with Crippen LogP contribution in [0.5, 0.6) is 0 Å². The van der Waals surface area contributed by atoms with E-state index in [-0.39, 0.29) is 11.9 Å². The Morgan fingerprint density at radius 3 is 2.59 bits per heavy atom. The number of halogens is 1. The van der Waals surface area contributed by atoms with E-state index in [1.165, 1.54) is 19.3 Å². The highest BCUT2D eigenvalue weighted by Gasteiger charge is 2.26. The molecule has 122 valence electrons. The molecule has 22 heavy (non-hydrogen) atoms. The predicted octanol–water partition coefficient (Wildman–Crippen LogP) is 3.86. The zero-order valence-corrected chi connectivity index (χ0v) is 14.6. The Hall–Kier alpha value is -1.06. The number of carbonyl (C=O) groups is 1. The van der Waals surface area contributed by atoms with E-state index < -0.39 is 0 Å². The molecule has 0 radical (unpaired) electrons. The number of rotatable bonds is 5. The summed E-state index contributed by atoms with van der Waals surface area (Å²) in [6.07, 6.45) is 4.85. The van der Waals surface area contributed by atoms with Gasteiger partial charge in [0.1, 0.15) is 0 Å². The van der Waals surface area contributed by atoms with Crippen LogP contribution in [0.15, 0.2) is 24.3 Å². The van der Waals surface area contributed by atoms with Crippen LogP contribution in [0, 0.1) is 5.92 Å². The third-order valence-corrected chi connectivity index (χ3v) is 5.08. The fourth-order valence-corrected chi connectivity index (χ4v) is 3.17. The molecule has 0 spiro atoms. The van der Waals surface area contributed by atoms with Gasteiger partial charge in [0.2, 0.25) is 5.91 Å². The van der Waals surface area contributed by atoms with Gasteiger partial charge in [-0.3, -0.25) is 9.69 Å². The summed E-state index contributed by atoms with van der Waals surface area (Å²) in [6, 6.07) is 8.00. The van der Waals surface area contributed by atoms with Crippen LogP contribution >= 0.6 is 11.6 Å². The molecule has 1 aromatic rings. The van der Waals surface area contributed by atoms with Crippen LogP contribution in [0.3, 0.4) is 0 Å². The van der Waals surface area contributed by atoms with Crippen molar-refractivity contribution < 1.29 is 4.79 Å². The van der Waals surface area contributed by atoms with Gasteiger partial charge in [-0.25, -0.2) is 0 Å². The largest absolute Gasteiger partial charge is 0.352 e. The van der Waals surface area contributed by atoms with Crippen molar-refractivity contribution in [2.45, 2.75) is 58.2 Å². The van der Waals surface area contributed by atoms with Gasteiger partial charge in [0.15, 0.2) is 0 Å². The van der Waals surface area contributed by atoms with Crippen molar-refractivity contribution in [2.75, 3.05) is 7.05 Å². The van der Waals surface area contributed by atoms with Crippen LogP contribution < -0.4 is 5.32 Å². The summed E-state index contributed by atoms with van der Waals surface area (Å²) in [6.45, 7) is 4.96. The van der Waals surface area contributed by atoms with Crippen molar-refractivity contribution >= 4 is 17.5 Å². The average molecular weight is 323 g/mol. The molecule has 3 nitrogen and oxygen atoms in total. The summed E-state index contributed by atoms with van der Waals surface area (Å²) in [5.74, 6) is 0.724. The maximum Gasteiger partial charge on any atom is 0.237 e. The molecule has 1 aliphatic rings. The second kappa shape index (κ2) is 7.98. The van der Waals surface area contributed by atoms with Crippen molar-refractivity contribution in [1.82, 2.24) is 10.2 Å². The van der Waals surface area contributed by atoms with Crippen molar-refractivity contribution in [3.05, 3.63) is 34.9 Å². The highest BCUT2D eigenvalue weighted by Crippen LogP contribution is 2.24. The number of hydrogen-bond donors (Lipinski definition) is 1. The summed E-state index contributed by atoms with van der Waals surface area (Å²) in [7, 11) is 1.99.